The summed E-state index contributed by atoms with van der Waals surface area (Å²) in [5.74, 6) is 0.370. The maximum Gasteiger partial charge on any atom is 0.271 e. The highest BCUT2D eigenvalue weighted by molar-refractivity contribution is 6.33. The van der Waals surface area contributed by atoms with Crippen molar-refractivity contribution >= 4 is 23.4 Å². The van der Waals surface area contributed by atoms with Gasteiger partial charge >= 0.3 is 0 Å². The third kappa shape index (κ3) is 4.40. The summed E-state index contributed by atoms with van der Waals surface area (Å²) in [7, 11) is 0. The molecule has 0 unspecified atom stereocenters. The lowest BCUT2D eigenvalue weighted by atomic mass is 10.2. The van der Waals surface area contributed by atoms with Crippen LogP contribution in [0.3, 0.4) is 0 Å². The molecule has 0 aliphatic heterocycles. The summed E-state index contributed by atoms with van der Waals surface area (Å²) >= 11 is 5.95. The Labute approximate surface area is 155 Å². The number of ether oxygens (including phenoxy) is 1. The Bertz CT molecular complexity index is 912. The zero-order chi connectivity index (χ0) is 18.4. The van der Waals surface area contributed by atoms with Gasteiger partial charge in [-0.3, -0.25) is 20.4 Å². The molecule has 0 radical (unpaired) electrons. The van der Waals surface area contributed by atoms with Gasteiger partial charge in [-0.15, -0.1) is 0 Å². The van der Waals surface area contributed by atoms with Crippen molar-refractivity contribution in [2.75, 3.05) is 0 Å². The van der Waals surface area contributed by atoms with Gasteiger partial charge in [0.2, 0.25) is 0 Å². The van der Waals surface area contributed by atoms with Crippen LogP contribution >= 0.6 is 11.6 Å². The molecule has 0 spiro atoms. The molecule has 0 saturated carbocycles. The number of carbonyl (C=O) groups excluding carboxylic acids is 2. The van der Waals surface area contributed by atoms with Crippen LogP contribution in [0, 0.1) is 0 Å². The zero-order valence-corrected chi connectivity index (χ0v) is 14.4. The van der Waals surface area contributed by atoms with Crippen LogP contribution in [-0.4, -0.2) is 11.8 Å². The van der Waals surface area contributed by atoms with E-state index in [0.717, 1.165) is 0 Å². The lowest BCUT2D eigenvalue weighted by Crippen LogP contribution is -2.41. The standard InChI is InChI=1S/C20H15ClN2O3/c21-18-9-5-4-8-17(18)20(25)23-22-19(24)14-10-12-16(13-11-14)26-15-6-2-1-3-7-15/h1-13H,(H,22,24)(H,23,25). The molecule has 0 saturated heterocycles. The van der Waals surface area contributed by atoms with Crippen LogP contribution in [0.2, 0.25) is 5.02 Å². The van der Waals surface area contributed by atoms with Gasteiger partial charge in [0.05, 0.1) is 10.6 Å². The summed E-state index contributed by atoms with van der Waals surface area (Å²) in [6.07, 6.45) is 0. The van der Waals surface area contributed by atoms with Gasteiger partial charge in [0.25, 0.3) is 11.8 Å². The fourth-order valence-corrected chi connectivity index (χ4v) is 2.42. The number of hydrazine groups is 1. The molecule has 3 aromatic carbocycles. The van der Waals surface area contributed by atoms with E-state index in [2.05, 4.69) is 10.9 Å². The number of rotatable bonds is 4. The van der Waals surface area contributed by atoms with Gasteiger partial charge in [-0.05, 0) is 48.5 Å². The number of hydrogen-bond acceptors (Lipinski definition) is 3. The Kier molecular flexibility index (Phi) is 5.51. The summed E-state index contributed by atoms with van der Waals surface area (Å²) in [4.78, 5) is 24.2. The average Bonchev–Trinajstić information content (AvgIpc) is 2.67. The van der Waals surface area contributed by atoms with Crippen molar-refractivity contribution in [3.8, 4) is 11.5 Å². The number of benzene rings is 3. The molecule has 3 aromatic rings. The summed E-state index contributed by atoms with van der Waals surface area (Å²) in [6, 6.07) is 22.5. The molecule has 0 aliphatic carbocycles. The van der Waals surface area contributed by atoms with Gasteiger partial charge in [-0.25, -0.2) is 0 Å². The zero-order valence-electron chi connectivity index (χ0n) is 13.6. The molecule has 3 rings (SSSR count). The van der Waals surface area contributed by atoms with E-state index >= 15 is 0 Å². The van der Waals surface area contributed by atoms with Gasteiger partial charge in [0.1, 0.15) is 11.5 Å². The Morgan fingerprint density at radius 3 is 1.96 bits per heavy atom. The highest BCUT2D eigenvalue weighted by Crippen LogP contribution is 2.21. The number of carbonyl (C=O) groups is 2. The van der Waals surface area contributed by atoms with Crippen LogP contribution in [0.25, 0.3) is 0 Å². The van der Waals surface area contributed by atoms with Crippen molar-refractivity contribution < 1.29 is 14.3 Å². The van der Waals surface area contributed by atoms with E-state index in [4.69, 9.17) is 16.3 Å². The van der Waals surface area contributed by atoms with Crippen molar-refractivity contribution in [3.63, 3.8) is 0 Å². The first-order valence-corrected chi connectivity index (χ1v) is 8.19. The van der Waals surface area contributed by atoms with E-state index in [1.807, 2.05) is 30.3 Å². The summed E-state index contributed by atoms with van der Waals surface area (Å²) in [5, 5.41) is 0.307. The minimum Gasteiger partial charge on any atom is -0.457 e. The number of nitrogens with one attached hydrogen (secondary N) is 2. The quantitative estimate of drug-likeness (QED) is 0.680. The van der Waals surface area contributed by atoms with Gasteiger partial charge in [-0.1, -0.05) is 41.9 Å². The van der Waals surface area contributed by atoms with Crippen LogP contribution in [0.15, 0.2) is 78.9 Å². The van der Waals surface area contributed by atoms with Crippen molar-refractivity contribution in [1.82, 2.24) is 10.9 Å². The average molecular weight is 367 g/mol. The van der Waals surface area contributed by atoms with Crippen molar-refractivity contribution in [3.05, 3.63) is 95.0 Å². The molecule has 0 aliphatic rings. The predicted octanol–water partition coefficient (Wildman–Crippen LogP) is 4.21. The minimum atomic E-state index is -0.493. The first-order chi connectivity index (χ1) is 12.6. The first kappa shape index (κ1) is 17.5. The highest BCUT2D eigenvalue weighted by atomic mass is 35.5. The first-order valence-electron chi connectivity index (χ1n) is 7.81. The van der Waals surface area contributed by atoms with E-state index in [9.17, 15) is 9.59 Å². The molecule has 130 valence electrons. The fraction of sp³-hybridized carbons (Fsp3) is 0. The summed E-state index contributed by atoms with van der Waals surface area (Å²) in [6.45, 7) is 0. The second-order valence-electron chi connectivity index (χ2n) is 5.33. The number of halogens is 1. The molecule has 2 N–H and O–H groups in total. The molecular formula is C20H15ClN2O3. The van der Waals surface area contributed by atoms with Crippen molar-refractivity contribution in [1.29, 1.82) is 0 Å². The van der Waals surface area contributed by atoms with Gasteiger partial charge in [0, 0.05) is 5.56 Å². The third-order valence-corrected chi connectivity index (χ3v) is 3.83. The largest absolute Gasteiger partial charge is 0.457 e. The van der Waals surface area contributed by atoms with Crippen molar-refractivity contribution in [2.24, 2.45) is 0 Å². The van der Waals surface area contributed by atoms with E-state index < -0.39 is 11.8 Å². The number of amides is 2. The Balaban J connectivity index is 1.58. The number of hydrogen-bond donors (Lipinski definition) is 2. The maximum atomic E-state index is 12.1. The Hall–Kier alpha value is -3.31. The molecular weight excluding hydrogens is 352 g/mol. The van der Waals surface area contributed by atoms with Gasteiger partial charge in [-0.2, -0.15) is 0 Å². The monoisotopic (exact) mass is 366 g/mol. The van der Waals surface area contributed by atoms with E-state index in [1.54, 1.807) is 48.5 Å². The fourth-order valence-electron chi connectivity index (χ4n) is 2.20. The second-order valence-corrected chi connectivity index (χ2v) is 5.73. The molecule has 2 amide bonds. The lowest BCUT2D eigenvalue weighted by molar-refractivity contribution is 0.0846. The smallest absolute Gasteiger partial charge is 0.271 e. The Morgan fingerprint density at radius 1 is 0.692 bits per heavy atom. The third-order valence-electron chi connectivity index (χ3n) is 3.50. The van der Waals surface area contributed by atoms with Crippen LogP contribution in [0.4, 0.5) is 0 Å². The summed E-state index contributed by atoms with van der Waals surface area (Å²) < 4.78 is 5.67. The summed E-state index contributed by atoms with van der Waals surface area (Å²) in [5.41, 5.74) is 5.35. The molecule has 0 bridgehead atoms. The maximum absolute atomic E-state index is 12.1. The van der Waals surface area contributed by atoms with Crippen LogP contribution in [-0.2, 0) is 0 Å². The van der Waals surface area contributed by atoms with E-state index in [1.165, 1.54) is 0 Å². The lowest BCUT2D eigenvalue weighted by Gasteiger charge is -2.09. The van der Waals surface area contributed by atoms with E-state index in [-0.39, 0.29) is 5.56 Å². The molecule has 0 heterocycles. The van der Waals surface area contributed by atoms with Gasteiger partial charge in [0.15, 0.2) is 0 Å². The minimum absolute atomic E-state index is 0.279. The molecule has 26 heavy (non-hydrogen) atoms. The Morgan fingerprint density at radius 2 is 1.27 bits per heavy atom. The number of para-hydroxylation sites is 1. The van der Waals surface area contributed by atoms with E-state index in [0.29, 0.717) is 22.1 Å². The highest BCUT2D eigenvalue weighted by Gasteiger charge is 2.11. The molecule has 0 aromatic heterocycles. The van der Waals surface area contributed by atoms with Crippen LogP contribution in [0.1, 0.15) is 20.7 Å². The van der Waals surface area contributed by atoms with Crippen LogP contribution < -0.4 is 15.6 Å². The van der Waals surface area contributed by atoms with Crippen molar-refractivity contribution in [2.45, 2.75) is 0 Å². The molecule has 5 nitrogen and oxygen atoms in total. The normalized spacial score (nSPS) is 10.0. The van der Waals surface area contributed by atoms with Crippen LogP contribution in [0.5, 0.6) is 11.5 Å². The SMILES string of the molecule is O=C(NNC(=O)c1ccccc1Cl)c1ccc(Oc2ccccc2)cc1. The molecule has 0 atom stereocenters. The second kappa shape index (κ2) is 8.18. The topological polar surface area (TPSA) is 67.4 Å². The molecule has 6 heteroatoms. The molecule has 0 fully saturated rings. The predicted molar refractivity (Wildman–Crippen MR) is 99.3 cm³/mol. The van der Waals surface area contributed by atoms with Gasteiger partial charge < -0.3 is 4.74 Å².